The fourth-order valence-corrected chi connectivity index (χ4v) is 0.909. The molecule has 1 aromatic heterocycles. The number of carbonyl (C=O) groups excluding carboxylic acids is 1. The SMILES string of the molecule is C=C(C)C(=O)Cc1cnccc1N. The lowest BCUT2D eigenvalue weighted by Crippen LogP contribution is -2.05. The zero-order chi connectivity index (χ0) is 9.84. The van der Waals surface area contributed by atoms with Gasteiger partial charge in [0.2, 0.25) is 0 Å². The van der Waals surface area contributed by atoms with Gasteiger partial charge >= 0.3 is 0 Å². The maximum absolute atomic E-state index is 11.3. The van der Waals surface area contributed by atoms with Crippen LogP contribution in [0.2, 0.25) is 0 Å². The number of aromatic nitrogens is 1. The van der Waals surface area contributed by atoms with Crippen molar-refractivity contribution in [2.24, 2.45) is 0 Å². The molecule has 0 aliphatic heterocycles. The molecule has 13 heavy (non-hydrogen) atoms. The third kappa shape index (κ3) is 2.40. The number of ketones is 1. The van der Waals surface area contributed by atoms with E-state index in [1.807, 2.05) is 0 Å². The van der Waals surface area contributed by atoms with Crippen molar-refractivity contribution >= 4 is 11.5 Å². The largest absolute Gasteiger partial charge is 0.398 e. The Balaban J connectivity index is 2.81. The molecule has 0 saturated carbocycles. The van der Waals surface area contributed by atoms with Crippen LogP contribution in [0.1, 0.15) is 12.5 Å². The summed E-state index contributed by atoms with van der Waals surface area (Å²) in [5.74, 6) is -0.000278. The molecule has 0 spiro atoms. The zero-order valence-electron chi connectivity index (χ0n) is 7.58. The molecule has 0 aliphatic rings. The predicted octanol–water partition coefficient (Wildman–Crippen LogP) is 1.35. The highest BCUT2D eigenvalue weighted by Gasteiger charge is 2.06. The van der Waals surface area contributed by atoms with Gasteiger partial charge < -0.3 is 5.73 Å². The summed E-state index contributed by atoms with van der Waals surface area (Å²) in [4.78, 5) is 15.2. The molecule has 0 aromatic carbocycles. The Morgan fingerprint density at radius 2 is 2.38 bits per heavy atom. The molecular formula is C10H12N2O. The van der Waals surface area contributed by atoms with E-state index in [1.165, 1.54) is 0 Å². The number of carbonyl (C=O) groups is 1. The van der Waals surface area contributed by atoms with Gasteiger partial charge in [-0.15, -0.1) is 0 Å². The highest BCUT2D eigenvalue weighted by Crippen LogP contribution is 2.11. The molecule has 0 aliphatic carbocycles. The minimum absolute atomic E-state index is 0.000278. The number of hydrogen-bond acceptors (Lipinski definition) is 3. The Bertz CT molecular complexity index is 345. The smallest absolute Gasteiger partial charge is 0.162 e. The zero-order valence-corrected chi connectivity index (χ0v) is 7.58. The third-order valence-electron chi connectivity index (χ3n) is 1.77. The Kier molecular flexibility index (Phi) is 2.80. The van der Waals surface area contributed by atoms with E-state index in [0.29, 0.717) is 11.3 Å². The standard InChI is InChI=1S/C10H12N2O/c1-7(2)10(13)5-8-6-12-4-3-9(8)11/h3-4,6H,1,5H2,2H3,(H2,11,12). The van der Waals surface area contributed by atoms with Crippen LogP contribution >= 0.6 is 0 Å². The molecule has 0 unspecified atom stereocenters. The van der Waals surface area contributed by atoms with E-state index >= 15 is 0 Å². The van der Waals surface area contributed by atoms with Crippen molar-refractivity contribution in [2.45, 2.75) is 13.3 Å². The van der Waals surface area contributed by atoms with Crippen LogP contribution in [-0.4, -0.2) is 10.8 Å². The van der Waals surface area contributed by atoms with E-state index < -0.39 is 0 Å². The lowest BCUT2D eigenvalue weighted by Gasteiger charge is -2.02. The summed E-state index contributed by atoms with van der Waals surface area (Å²) >= 11 is 0. The maximum atomic E-state index is 11.3. The number of Topliss-reactive ketones (excluding diaryl/α,β-unsaturated/α-hetero) is 1. The summed E-state index contributed by atoms with van der Waals surface area (Å²) in [5.41, 5.74) is 7.55. The Labute approximate surface area is 77.3 Å². The molecule has 0 fully saturated rings. The predicted molar refractivity (Wildman–Crippen MR) is 52.2 cm³/mol. The van der Waals surface area contributed by atoms with Gasteiger partial charge in [-0.3, -0.25) is 9.78 Å². The number of nitrogen functional groups attached to an aromatic ring is 1. The van der Waals surface area contributed by atoms with Crippen LogP contribution in [0.3, 0.4) is 0 Å². The monoisotopic (exact) mass is 176 g/mol. The number of allylic oxidation sites excluding steroid dienone is 1. The summed E-state index contributed by atoms with van der Waals surface area (Å²) in [6, 6.07) is 1.68. The van der Waals surface area contributed by atoms with Crippen LogP contribution < -0.4 is 5.73 Å². The van der Waals surface area contributed by atoms with E-state index in [0.717, 1.165) is 5.56 Å². The van der Waals surface area contributed by atoms with Crippen molar-refractivity contribution in [1.29, 1.82) is 0 Å². The van der Waals surface area contributed by atoms with E-state index in [9.17, 15) is 4.79 Å². The topological polar surface area (TPSA) is 56.0 Å². The van der Waals surface area contributed by atoms with Crippen LogP contribution in [-0.2, 0) is 11.2 Å². The molecule has 0 saturated heterocycles. The first-order valence-electron chi connectivity index (χ1n) is 3.98. The highest BCUT2D eigenvalue weighted by molar-refractivity contribution is 5.96. The summed E-state index contributed by atoms with van der Waals surface area (Å²) < 4.78 is 0. The molecule has 1 heterocycles. The molecule has 1 aromatic rings. The molecule has 0 radical (unpaired) electrons. The number of nitrogens with two attached hydrogens (primary N) is 1. The van der Waals surface area contributed by atoms with Crippen molar-refractivity contribution in [3.63, 3.8) is 0 Å². The summed E-state index contributed by atoms with van der Waals surface area (Å²) in [7, 11) is 0. The molecule has 68 valence electrons. The molecule has 3 heteroatoms. The van der Waals surface area contributed by atoms with Gasteiger partial charge in [-0.25, -0.2) is 0 Å². The minimum Gasteiger partial charge on any atom is -0.398 e. The molecule has 0 atom stereocenters. The van der Waals surface area contributed by atoms with Crippen molar-refractivity contribution in [3.8, 4) is 0 Å². The fraction of sp³-hybridized carbons (Fsp3) is 0.200. The summed E-state index contributed by atoms with van der Waals surface area (Å²) in [6.07, 6.45) is 3.50. The molecule has 0 bridgehead atoms. The number of anilines is 1. The van der Waals surface area contributed by atoms with Gasteiger partial charge in [-0.05, 0) is 18.6 Å². The molecule has 0 amide bonds. The van der Waals surface area contributed by atoms with E-state index in [2.05, 4.69) is 11.6 Å². The molecule has 2 N–H and O–H groups in total. The maximum Gasteiger partial charge on any atom is 0.162 e. The normalized spacial score (nSPS) is 9.62. The van der Waals surface area contributed by atoms with Crippen molar-refractivity contribution in [3.05, 3.63) is 36.2 Å². The number of pyridine rings is 1. The highest BCUT2D eigenvalue weighted by atomic mass is 16.1. The van der Waals surface area contributed by atoms with E-state index in [4.69, 9.17) is 5.73 Å². The van der Waals surface area contributed by atoms with Gasteiger partial charge in [-0.1, -0.05) is 6.58 Å². The number of rotatable bonds is 3. The van der Waals surface area contributed by atoms with Crippen LogP contribution in [0.25, 0.3) is 0 Å². The Morgan fingerprint density at radius 1 is 1.69 bits per heavy atom. The molecule has 1 rings (SSSR count). The van der Waals surface area contributed by atoms with E-state index in [-0.39, 0.29) is 12.2 Å². The molecular weight excluding hydrogens is 164 g/mol. The van der Waals surface area contributed by atoms with Gasteiger partial charge in [0.15, 0.2) is 5.78 Å². The first-order valence-corrected chi connectivity index (χ1v) is 3.98. The van der Waals surface area contributed by atoms with Gasteiger partial charge in [0.1, 0.15) is 0 Å². The second-order valence-electron chi connectivity index (χ2n) is 2.95. The van der Waals surface area contributed by atoms with Crippen LogP contribution in [0.5, 0.6) is 0 Å². The van der Waals surface area contributed by atoms with E-state index in [1.54, 1.807) is 25.4 Å². The van der Waals surface area contributed by atoms with Crippen LogP contribution in [0, 0.1) is 0 Å². The van der Waals surface area contributed by atoms with Gasteiger partial charge in [-0.2, -0.15) is 0 Å². The van der Waals surface area contributed by atoms with Crippen molar-refractivity contribution in [2.75, 3.05) is 5.73 Å². The van der Waals surface area contributed by atoms with Gasteiger partial charge in [0.05, 0.1) is 0 Å². The van der Waals surface area contributed by atoms with Crippen LogP contribution in [0.15, 0.2) is 30.6 Å². The van der Waals surface area contributed by atoms with Gasteiger partial charge in [0, 0.05) is 30.1 Å². The summed E-state index contributed by atoms with van der Waals surface area (Å²) in [6.45, 7) is 5.26. The lowest BCUT2D eigenvalue weighted by atomic mass is 10.1. The second-order valence-corrected chi connectivity index (χ2v) is 2.95. The average Bonchev–Trinajstić information content (AvgIpc) is 2.08. The number of hydrogen-bond donors (Lipinski definition) is 1. The van der Waals surface area contributed by atoms with Crippen molar-refractivity contribution in [1.82, 2.24) is 4.98 Å². The lowest BCUT2D eigenvalue weighted by molar-refractivity contribution is -0.114. The first-order chi connectivity index (χ1) is 6.11. The van der Waals surface area contributed by atoms with Crippen molar-refractivity contribution < 1.29 is 4.79 Å². The Morgan fingerprint density at radius 3 is 2.92 bits per heavy atom. The van der Waals surface area contributed by atoms with Crippen LogP contribution in [0.4, 0.5) is 5.69 Å². The summed E-state index contributed by atoms with van der Waals surface area (Å²) in [5, 5.41) is 0. The fourth-order valence-electron chi connectivity index (χ4n) is 0.909. The first kappa shape index (κ1) is 9.45. The third-order valence-corrected chi connectivity index (χ3v) is 1.77. The quantitative estimate of drug-likeness (QED) is 0.707. The number of nitrogens with zero attached hydrogens (tertiary/aromatic N) is 1. The second kappa shape index (κ2) is 3.85. The average molecular weight is 176 g/mol. The molecule has 3 nitrogen and oxygen atoms in total. The van der Waals surface area contributed by atoms with Gasteiger partial charge in [0.25, 0.3) is 0 Å². The Hall–Kier alpha value is -1.64. The minimum atomic E-state index is -0.000278.